The van der Waals surface area contributed by atoms with Gasteiger partial charge in [-0.3, -0.25) is 4.79 Å². The fraction of sp³-hybridized carbons (Fsp3) is 0.533. The molecule has 5 heteroatoms. The van der Waals surface area contributed by atoms with Gasteiger partial charge in [0.1, 0.15) is 0 Å². The number of aryl methyl sites for hydroxylation is 1. The van der Waals surface area contributed by atoms with Crippen LogP contribution in [-0.2, 0) is 16.3 Å². The molecule has 0 radical (unpaired) electrons. The Hall–Kier alpha value is -1.36. The van der Waals surface area contributed by atoms with Crippen molar-refractivity contribution in [1.82, 2.24) is 5.32 Å². The summed E-state index contributed by atoms with van der Waals surface area (Å²) in [4.78, 5) is 12.6. The summed E-state index contributed by atoms with van der Waals surface area (Å²) in [5.74, 6) is 0.135. The molecule has 0 unspecified atom stereocenters. The van der Waals surface area contributed by atoms with Gasteiger partial charge in [-0.25, -0.2) is 8.42 Å². The molecule has 2 aliphatic rings. The largest absolute Gasteiger partial charge is 0.349 e. The monoisotopic (exact) mass is 293 g/mol. The molecule has 0 saturated heterocycles. The summed E-state index contributed by atoms with van der Waals surface area (Å²) in [6, 6.07) is 5.25. The van der Waals surface area contributed by atoms with Gasteiger partial charge in [0.25, 0.3) is 5.91 Å². The molecule has 20 heavy (non-hydrogen) atoms. The first-order valence-corrected chi connectivity index (χ1v) is 8.88. The molecular formula is C15H19NO3S. The Morgan fingerprint density at radius 3 is 2.65 bits per heavy atom. The van der Waals surface area contributed by atoms with E-state index >= 15 is 0 Å². The van der Waals surface area contributed by atoms with E-state index < -0.39 is 9.84 Å². The van der Waals surface area contributed by atoms with Crippen molar-refractivity contribution in [3.8, 4) is 0 Å². The molecule has 3 rings (SSSR count). The van der Waals surface area contributed by atoms with Crippen LogP contribution in [0.5, 0.6) is 0 Å². The second-order valence-electron chi connectivity index (χ2n) is 5.70. The van der Waals surface area contributed by atoms with Crippen molar-refractivity contribution in [2.45, 2.75) is 49.5 Å². The highest BCUT2D eigenvalue weighted by Gasteiger charge is 2.25. The topological polar surface area (TPSA) is 63.2 Å². The van der Waals surface area contributed by atoms with E-state index in [1.165, 1.54) is 12.8 Å². The van der Waals surface area contributed by atoms with E-state index in [-0.39, 0.29) is 17.7 Å². The summed E-state index contributed by atoms with van der Waals surface area (Å²) in [6.07, 6.45) is 5.82. The number of hydrogen-bond acceptors (Lipinski definition) is 3. The van der Waals surface area contributed by atoms with Crippen molar-refractivity contribution in [2.24, 2.45) is 0 Å². The lowest BCUT2D eigenvalue weighted by Gasteiger charge is -2.18. The minimum atomic E-state index is -3.14. The Balaban J connectivity index is 1.83. The molecule has 108 valence electrons. The number of sulfone groups is 1. The van der Waals surface area contributed by atoms with Gasteiger partial charge in [-0.15, -0.1) is 0 Å². The predicted octanol–water partition coefficient (Wildman–Crippen LogP) is 2.08. The summed E-state index contributed by atoms with van der Waals surface area (Å²) in [5.41, 5.74) is 1.36. The van der Waals surface area contributed by atoms with Crippen LogP contribution >= 0.6 is 0 Å². The second kappa shape index (κ2) is 5.20. The number of carbonyl (C=O) groups excluding carboxylic acids is 1. The Morgan fingerprint density at radius 1 is 1.15 bits per heavy atom. The standard InChI is InChI=1S/C15H19NO3S/c17-15(16-13-5-1-2-6-13)12-7-8-14-11(10-12)4-3-9-20(14,18)19/h7-8,10,13H,1-6,9H2,(H,16,17). The van der Waals surface area contributed by atoms with E-state index in [9.17, 15) is 13.2 Å². The van der Waals surface area contributed by atoms with Crippen LogP contribution in [0.15, 0.2) is 23.1 Å². The lowest BCUT2D eigenvalue weighted by atomic mass is 10.1. The van der Waals surface area contributed by atoms with Gasteiger partial charge in [0.15, 0.2) is 9.84 Å². The maximum absolute atomic E-state index is 12.2. The number of fused-ring (bicyclic) bond motifs is 1. The minimum absolute atomic E-state index is 0.0809. The fourth-order valence-corrected chi connectivity index (χ4v) is 4.70. The first-order chi connectivity index (χ1) is 9.56. The molecular weight excluding hydrogens is 274 g/mol. The Morgan fingerprint density at radius 2 is 1.90 bits per heavy atom. The Kier molecular flexibility index (Phi) is 3.54. The van der Waals surface area contributed by atoms with Crippen molar-refractivity contribution in [3.63, 3.8) is 0 Å². The van der Waals surface area contributed by atoms with E-state index in [0.717, 1.165) is 24.8 Å². The highest BCUT2D eigenvalue weighted by molar-refractivity contribution is 7.91. The predicted molar refractivity (Wildman–Crippen MR) is 76.5 cm³/mol. The van der Waals surface area contributed by atoms with Crippen LogP contribution in [0, 0.1) is 0 Å². The van der Waals surface area contributed by atoms with Crippen molar-refractivity contribution in [3.05, 3.63) is 29.3 Å². The van der Waals surface area contributed by atoms with Gasteiger partial charge >= 0.3 is 0 Å². The highest BCUT2D eigenvalue weighted by atomic mass is 32.2. The second-order valence-corrected chi connectivity index (χ2v) is 7.78. The molecule has 0 aromatic heterocycles. The molecule has 1 saturated carbocycles. The SMILES string of the molecule is O=C(NC1CCCC1)c1ccc2c(c1)CCCS2(=O)=O. The third-order valence-corrected chi connectivity index (χ3v) is 6.10. The summed E-state index contributed by atoms with van der Waals surface area (Å²) in [7, 11) is -3.14. The van der Waals surface area contributed by atoms with Gasteiger partial charge in [-0.05, 0) is 49.4 Å². The Bertz CT molecular complexity index is 631. The maximum Gasteiger partial charge on any atom is 0.251 e. The lowest BCUT2D eigenvalue weighted by Crippen LogP contribution is -2.32. The molecule has 1 aromatic rings. The molecule has 0 atom stereocenters. The molecule has 1 aromatic carbocycles. The molecule has 1 N–H and O–H groups in total. The number of carbonyl (C=O) groups is 1. The number of benzene rings is 1. The van der Waals surface area contributed by atoms with Gasteiger partial charge in [-0.1, -0.05) is 12.8 Å². The molecule has 4 nitrogen and oxygen atoms in total. The zero-order valence-electron chi connectivity index (χ0n) is 11.4. The zero-order valence-corrected chi connectivity index (χ0v) is 12.2. The summed E-state index contributed by atoms with van der Waals surface area (Å²) in [6.45, 7) is 0. The Labute approximate surface area is 119 Å². The molecule has 0 spiro atoms. The molecule has 0 bridgehead atoms. The molecule has 1 aliphatic heterocycles. The van der Waals surface area contributed by atoms with E-state index in [1.54, 1.807) is 18.2 Å². The minimum Gasteiger partial charge on any atom is -0.349 e. The van der Waals surface area contributed by atoms with E-state index in [2.05, 4.69) is 5.32 Å². The summed E-state index contributed by atoms with van der Waals surface area (Å²) in [5, 5.41) is 3.03. The smallest absolute Gasteiger partial charge is 0.251 e. The quantitative estimate of drug-likeness (QED) is 0.908. The molecule has 1 aliphatic carbocycles. The van der Waals surface area contributed by atoms with Crippen molar-refractivity contribution in [1.29, 1.82) is 0 Å². The van der Waals surface area contributed by atoms with Crippen molar-refractivity contribution < 1.29 is 13.2 Å². The third-order valence-electron chi connectivity index (χ3n) is 4.21. The van der Waals surface area contributed by atoms with Crippen molar-refractivity contribution >= 4 is 15.7 Å². The highest BCUT2D eigenvalue weighted by Crippen LogP contribution is 2.26. The lowest BCUT2D eigenvalue weighted by molar-refractivity contribution is 0.0937. The van der Waals surface area contributed by atoms with Crippen LogP contribution in [0.3, 0.4) is 0 Å². The van der Waals surface area contributed by atoms with E-state index in [0.29, 0.717) is 16.9 Å². The van der Waals surface area contributed by atoms with Gasteiger partial charge < -0.3 is 5.32 Å². The fourth-order valence-electron chi connectivity index (χ4n) is 3.12. The molecule has 1 heterocycles. The van der Waals surface area contributed by atoms with E-state index in [1.807, 2.05) is 0 Å². The number of amides is 1. The summed E-state index contributed by atoms with van der Waals surface area (Å²) >= 11 is 0. The van der Waals surface area contributed by atoms with Crippen LogP contribution < -0.4 is 5.32 Å². The van der Waals surface area contributed by atoms with Crippen LogP contribution in [-0.4, -0.2) is 26.1 Å². The zero-order chi connectivity index (χ0) is 14.2. The van der Waals surface area contributed by atoms with Gasteiger partial charge in [0.2, 0.25) is 0 Å². The molecule has 1 fully saturated rings. The first kappa shape index (κ1) is 13.6. The average molecular weight is 293 g/mol. The van der Waals surface area contributed by atoms with E-state index in [4.69, 9.17) is 0 Å². The number of hydrogen-bond donors (Lipinski definition) is 1. The van der Waals surface area contributed by atoms with Crippen LogP contribution in [0.1, 0.15) is 48.0 Å². The van der Waals surface area contributed by atoms with Gasteiger partial charge in [-0.2, -0.15) is 0 Å². The maximum atomic E-state index is 12.2. The molecule has 1 amide bonds. The van der Waals surface area contributed by atoms with Gasteiger partial charge in [0.05, 0.1) is 10.6 Å². The number of rotatable bonds is 2. The number of nitrogens with one attached hydrogen (secondary N) is 1. The summed E-state index contributed by atoms with van der Waals surface area (Å²) < 4.78 is 23.9. The van der Waals surface area contributed by atoms with Crippen molar-refractivity contribution in [2.75, 3.05) is 5.75 Å². The van der Waals surface area contributed by atoms with Crippen LogP contribution in [0.2, 0.25) is 0 Å². The van der Waals surface area contributed by atoms with Gasteiger partial charge in [0, 0.05) is 11.6 Å². The normalized spacial score (nSPS) is 21.4. The van der Waals surface area contributed by atoms with Crippen LogP contribution in [0.25, 0.3) is 0 Å². The van der Waals surface area contributed by atoms with Crippen LogP contribution in [0.4, 0.5) is 0 Å². The average Bonchev–Trinajstić information content (AvgIpc) is 2.90. The first-order valence-electron chi connectivity index (χ1n) is 7.23. The third kappa shape index (κ3) is 2.59.